The van der Waals surface area contributed by atoms with E-state index >= 15 is 0 Å². The smallest absolute Gasteiger partial charge is 0.123 e. The van der Waals surface area contributed by atoms with Crippen molar-refractivity contribution in [2.45, 2.75) is 65.1 Å². The molecule has 0 bridgehead atoms. The van der Waals surface area contributed by atoms with E-state index in [0.29, 0.717) is 31.3 Å². The Morgan fingerprint density at radius 2 is 1.81 bits per heavy atom. The molecule has 0 N–H and O–H groups in total. The fourth-order valence-electron chi connectivity index (χ4n) is 2.93. The Morgan fingerprint density at radius 1 is 1.05 bits per heavy atom. The van der Waals surface area contributed by atoms with Gasteiger partial charge in [-0.25, -0.2) is 0 Å². The maximum absolute atomic E-state index is 5.81. The average Bonchev–Trinajstić information content (AvgIpc) is 3.25. The zero-order chi connectivity index (χ0) is 15.2. The Labute approximate surface area is 128 Å². The van der Waals surface area contributed by atoms with Crippen molar-refractivity contribution in [1.82, 2.24) is 0 Å². The number of epoxide rings is 1. The number of hydrogen-bond donors (Lipinski definition) is 0. The Balaban J connectivity index is 2.17. The predicted octanol–water partition coefficient (Wildman–Crippen LogP) is 4.55. The van der Waals surface area contributed by atoms with Crippen LogP contribution in [0.5, 0.6) is 11.5 Å². The van der Waals surface area contributed by atoms with Crippen LogP contribution in [0.25, 0.3) is 0 Å². The molecule has 0 radical (unpaired) electrons. The van der Waals surface area contributed by atoms with E-state index in [1.54, 1.807) is 0 Å². The molecule has 1 aromatic carbocycles. The van der Waals surface area contributed by atoms with Gasteiger partial charge in [0.05, 0.1) is 25.4 Å². The molecule has 0 aromatic heterocycles. The molecule has 1 aliphatic rings. The second kappa shape index (κ2) is 7.69. The van der Waals surface area contributed by atoms with Crippen molar-refractivity contribution in [2.75, 3.05) is 13.2 Å². The molecule has 1 aliphatic heterocycles. The molecule has 3 nitrogen and oxygen atoms in total. The molecule has 1 heterocycles. The highest BCUT2D eigenvalue weighted by molar-refractivity contribution is 5.42. The summed E-state index contributed by atoms with van der Waals surface area (Å²) in [6, 6.07) is 6.18. The summed E-state index contributed by atoms with van der Waals surface area (Å²) in [6.45, 7) is 9.84. The lowest BCUT2D eigenvalue weighted by atomic mass is 9.90. The van der Waals surface area contributed by atoms with Crippen molar-refractivity contribution in [3.63, 3.8) is 0 Å². The summed E-state index contributed by atoms with van der Waals surface area (Å²) in [7, 11) is 0. The van der Waals surface area contributed by atoms with Gasteiger partial charge in [0.15, 0.2) is 0 Å². The van der Waals surface area contributed by atoms with Crippen LogP contribution in [-0.2, 0) is 4.74 Å². The summed E-state index contributed by atoms with van der Waals surface area (Å²) in [5.41, 5.74) is 1.26. The van der Waals surface area contributed by atoms with E-state index in [2.05, 4.69) is 19.9 Å². The van der Waals surface area contributed by atoms with E-state index in [-0.39, 0.29) is 0 Å². The largest absolute Gasteiger partial charge is 0.494 e. The van der Waals surface area contributed by atoms with Crippen molar-refractivity contribution >= 4 is 0 Å². The van der Waals surface area contributed by atoms with E-state index < -0.39 is 0 Å². The van der Waals surface area contributed by atoms with Crippen molar-refractivity contribution in [3.8, 4) is 11.5 Å². The first kappa shape index (κ1) is 16.2. The molecule has 3 atom stereocenters. The van der Waals surface area contributed by atoms with E-state index in [1.807, 2.05) is 26.0 Å². The molecule has 0 spiro atoms. The maximum Gasteiger partial charge on any atom is 0.123 e. The molecule has 21 heavy (non-hydrogen) atoms. The highest BCUT2D eigenvalue weighted by atomic mass is 16.6. The molecule has 1 aromatic rings. The third-order valence-electron chi connectivity index (χ3n) is 4.13. The topological polar surface area (TPSA) is 31.0 Å². The molecular weight excluding hydrogens is 264 g/mol. The van der Waals surface area contributed by atoms with Crippen LogP contribution in [0.2, 0.25) is 0 Å². The minimum Gasteiger partial charge on any atom is -0.494 e. The molecule has 2 rings (SSSR count). The Bertz CT molecular complexity index is 444. The molecule has 0 aliphatic carbocycles. The van der Waals surface area contributed by atoms with Gasteiger partial charge in [-0.1, -0.05) is 13.8 Å². The van der Waals surface area contributed by atoms with Crippen LogP contribution in [0, 0.1) is 0 Å². The SMILES string of the molecule is CCOc1ccc(OCC)c(C(CC)CC2OC2CC)c1. The zero-order valence-electron chi connectivity index (χ0n) is 13.7. The van der Waals surface area contributed by atoms with Gasteiger partial charge in [-0.2, -0.15) is 0 Å². The predicted molar refractivity (Wildman–Crippen MR) is 85.4 cm³/mol. The van der Waals surface area contributed by atoms with Gasteiger partial charge in [0.1, 0.15) is 11.5 Å². The third kappa shape index (κ3) is 4.13. The molecule has 3 unspecified atom stereocenters. The third-order valence-corrected chi connectivity index (χ3v) is 4.13. The zero-order valence-corrected chi connectivity index (χ0v) is 13.7. The molecule has 1 fully saturated rings. The summed E-state index contributed by atoms with van der Waals surface area (Å²) < 4.78 is 17.2. The molecular formula is C18H28O3. The highest BCUT2D eigenvalue weighted by Crippen LogP contribution is 2.40. The van der Waals surface area contributed by atoms with Gasteiger partial charge in [-0.15, -0.1) is 0 Å². The Morgan fingerprint density at radius 3 is 2.38 bits per heavy atom. The van der Waals surface area contributed by atoms with Crippen LogP contribution >= 0.6 is 0 Å². The van der Waals surface area contributed by atoms with Crippen LogP contribution in [-0.4, -0.2) is 25.4 Å². The monoisotopic (exact) mass is 292 g/mol. The molecule has 3 heteroatoms. The summed E-state index contributed by atoms with van der Waals surface area (Å²) >= 11 is 0. The fourth-order valence-corrected chi connectivity index (χ4v) is 2.93. The summed E-state index contributed by atoms with van der Waals surface area (Å²) in [4.78, 5) is 0. The van der Waals surface area contributed by atoms with Crippen LogP contribution in [0.3, 0.4) is 0 Å². The lowest BCUT2D eigenvalue weighted by molar-refractivity contribution is 0.319. The van der Waals surface area contributed by atoms with Gasteiger partial charge in [-0.3, -0.25) is 0 Å². The maximum atomic E-state index is 5.81. The van der Waals surface area contributed by atoms with Gasteiger partial charge in [-0.05, 0) is 57.2 Å². The van der Waals surface area contributed by atoms with E-state index in [4.69, 9.17) is 14.2 Å². The van der Waals surface area contributed by atoms with Gasteiger partial charge >= 0.3 is 0 Å². The van der Waals surface area contributed by atoms with Crippen LogP contribution in [0.15, 0.2) is 18.2 Å². The second-order valence-corrected chi connectivity index (χ2v) is 5.53. The van der Waals surface area contributed by atoms with Crippen molar-refractivity contribution in [3.05, 3.63) is 23.8 Å². The quantitative estimate of drug-likeness (QED) is 0.626. The van der Waals surface area contributed by atoms with Crippen LogP contribution < -0.4 is 9.47 Å². The Kier molecular flexibility index (Phi) is 5.92. The van der Waals surface area contributed by atoms with Gasteiger partial charge in [0.25, 0.3) is 0 Å². The number of benzene rings is 1. The van der Waals surface area contributed by atoms with Crippen LogP contribution in [0.4, 0.5) is 0 Å². The Hall–Kier alpha value is -1.22. The molecule has 0 saturated carbocycles. The van der Waals surface area contributed by atoms with Gasteiger partial charge < -0.3 is 14.2 Å². The standard InChI is InChI=1S/C18H28O3/c1-5-13(11-18-16(6-2)21-18)15-12-14(19-7-3)9-10-17(15)20-8-4/h9-10,12-13,16,18H,5-8,11H2,1-4H3. The lowest BCUT2D eigenvalue weighted by Gasteiger charge is -2.19. The molecule has 118 valence electrons. The van der Waals surface area contributed by atoms with E-state index in [9.17, 15) is 0 Å². The lowest BCUT2D eigenvalue weighted by Crippen LogP contribution is -2.07. The minimum atomic E-state index is 0.421. The van der Waals surface area contributed by atoms with Gasteiger partial charge in [0.2, 0.25) is 0 Å². The molecule has 1 saturated heterocycles. The minimum absolute atomic E-state index is 0.421. The van der Waals surface area contributed by atoms with Crippen molar-refractivity contribution in [2.24, 2.45) is 0 Å². The first-order valence-electron chi connectivity index (χ1n) is 8.28. The molecule has 0 amide bonds. The first-order valence-corrected chi connectivity index (χ1v) is 8.28. The van der Waals surface area contributed by atoms with E-state index in [0.717, 1.165) is 30.8 Å². The number of ether oxygens (including phenoxy) is 3. The summed E-state index contributed by atoms with van der Waals surface area (Å²) in [5.74, 6) is 2.38. The van der Waals surface area contributed by atoms with Gasteiger partial charge in [0, 0.05) is 5.56 Å². The highest BCUT2D eigenvalue weighted by Gasteiger charge is 2.38. The van der Waals surface area contributed by atoms with E-state index in [1.165, 1.54) is 5.56 Å². The normalized spacial score (nSPS) is 21.9. The number of hydrogen-bond acceptors (Lipinski definition) is 3. The average molecular weight is 292 g/mol. The second-order valence-electron chi connectivity index (χ2n) is 5.53. The van der Waals surface area contributed by atoms with Crippen molar-refractivity contribution < 1.29 is 14.2 Å². The first-order chi connectivity index (χ1) is 10.2. The van der Waals surface area contributed by atoms with Crippen molar-refractivity contribution in [1.29, 1.82) is 0 Å². The summed E-state index contributed by atoms with van der Waals surface area (Å²) in [5, 5.41) is 0. The van der Waals surface area contributed by atoms with Crippen LogP contribution in [0.1, 0.15) is 58.4 Å². The number of rotatable bonds is 9. The summed E-state index contributed by atoms with van der Waals surface area (Å²) in [6.07, 6.45) is 4.16. The fraction of sp³-hybridized carbons (Fsp3) is 0.667.